The first-order valence-corrected chi connectivity index (χ1v) is 6.53. The summed E-state index contributed by atoms with van der Waals surface area (Å²) in [7, 11) is -1.12. The summed E-state index contributed by atoms with van der Waals surface area (Å²) in [6.45, 7) is 0. The number of nitrogens with two attached hydrogens (primary N) is 2. The van der Waals surface area contributed by atoms with Gasteiger partial charge in [-0.15, -0.1) is 0 Å². The summed E-state index contributed by atoms with van der Waals surface area (Å²) in [6, 6.07) is 0. The largest absolute Gasteiger partial charge is 1.00 e. The first kappa shape index (κ1) is 20.0. The molecule has 0 aromatic heterocycles. The molecule has 0 rings (SSSR count). The number of thiocarbonyl (C=S) groups is 2. The maximum atomic E-state index is 11.4. The Hall–Kier alpha value is 0.650. The van der Waals surface area contributed by atoms with E-state index in [1.807, 2.05) is 0 Å². The van der Waals surface area contributed by atoms with Crippen molar-refractivity contribution in [1.29, 1.82) is 0 Å². The third-order valence-electron chi connectivity index (χ3n) is 1.66. The van der Waals surface area contributed by atoms with Crippen LogP contribution < -0.4 is 41.0 Å². The standard InChI is InChI=1S/C7H15N3O3S3.Na.H/c1-10(2)16(11,12)13-5(7(9)15)3-4-6(8)14;;/h5H,3-4H2,1-2H3,(H2,8,14)(H2,9,15);;/q;+1;-1. The summed E-state index contributed by atoms with van der Waals surface area (Å²) in [5.41, 5.74) is 10.7. The summed E-state index contributed by atoms with van der Waals surface area (Å²) in [5, 5.41) is 0. The first-order valence-electron chi connectivity index (χ1n) is 4.35. The first-order chi connectivity index (χ1) is 7.16. The van der Waals surface area contributed by atoms with Crippen LogP contribution in [0.2, 0.25) is 0 Å². The van der Waals surface area contributed by atoms with Crippen LogP contribution in [-0.4, -0.2) is 42.9 Å². The summed E-state index contributed by atoms with van der Waals surface area (Å²) < 4.78 is 28.6. The van der Waals surface area contributed by atoms with Crippen molar-refractivity contribution in [2.75, 3.05) is 14.1 Å². The number of hydrogen-bond donors (Lipinski definition) is 2. The summed E-state index contributed by atoms with van der Waals surface area (Å²) in [5.74, 6) is 0. The normalized spacial score (nSPS) is 12.9. The molecule has 96 valence electrons. The van der Waals surface area contributed by atoms with E-state index in [1.165, 1.54) is 14.1 Å². The van der Waals surface area contributed by atoms with E-state index >= 15 is 0 Å². The molecule has 0 aliphatic rings. The van der Waals surface area contributed by atoms with Gasteiger partial charge in [-0.25, -0.2) is 4.18 Å². The quantitative estimate of drug-likeness (QED) is 0.374. The second-order valence-corrected chi connectivity index (χ2v) is 6.01. The molecule has 6 nitrogen and oxygen atoms in total. The molecule has 0 aromatic rings. The van der Waals surface area contributed by atoms with Gasteiger partial charge >= 0.3 is 39.9 Å². The third-order valence-corrected chi connectivity index (χ3v) is 3.49. The molecule has 0 saturated carbocycles. The molecule has 10 heteroatoms. The van der Waals surface area contributed by atoms with Crippen LogP contribution in [0.4, 0.5) is 0 Å². The predicted octanol–water partition coefficient (Wildman–Crippen LogP) is -3.35. The van der Waals surface area contributed by atoms with Crippen LogP contribution in [0.15, 0.2) is 0 Å². The Morgan fingerprint density at radius 2 is 1.88 bits per heavy atom. The minimum Gasteiger partial charge on any atom is -1.00 e. The van der Waals surface area contributed by atoms with Crippen molar-refractivity contribution < 1.29 is 43.6 Å². The van der Waals surface area contributed by atoms with Gasteiger partial charge in [-0.1, -0.05) is 24.4 Å². The van der Waals surface area contributed by atoms with Gasteiger partial charge in [0.2, 0.25) is 0 Å². The van der Waals surface area contributed by atoms with E-state index in [0.29, 0.717) is 6.42 Å². The molecule has 0 radical (unpaired) electrons. The van der Waals surface area contributed by atoms with Crippen molar-refractivity contribution in [2.24, 2.45) is 11.5 Å². The second kappa shape index (κ2) is 8.70. The van der Waals surface area contributed by atoms with Crippen LogP contribution in [0.5, 0.6) is 0 Å². The maximum absolute atomic E-state index is 11.4. The van der Waals surface area contributed by atoms with Crippen LogP contribution >= 0.6 is 24.4 Å². The summed E-state index contributed by atoms with van der Waals surface area (Å²) in [6.07, 6.45) is -0.318. The van der Waals surface area contributed by atoms with E-state index in [9.17, 15) is 8.42 Å². The van der Waals surface area contributed by atoms with Crippen molar-refractivity contribution in [1.82, 2.24) is 4.31 Å². The Labute approximate surface area is 136 Å². The van der Waals surface area contributed by atoms with Crippen molar-refractivity contribution in [2.45, 2.75) is 18.9 Å². The van der Waals surface area contributed by atoms with Gasteiger partial charge < -0.3 is 12.9 Å². The van der Waals surface area contributed by atoms with Gasteiger partial charge in [0, 0.05) is 20.5 Å². The van der Waals surface area contributed by atoms with Crippen molar-refractivity contribution in [3.05, 3.63) is 0 Å². The van der Waals surface area contributed by atoms with Crippen LogP contribution in [0.3, 0.4) is 0 Å². The fourth-order valence-corrected chi connectivity index (χ4v) is 1.75. The SMILES string of the molecule is CN(C)S(=O)(=O)OC(CCC(N)=S)C(N)=S.[H-].[Na+]. The monoisotopic (exact) mass is 309 g/mol. The average Bonchev–Trinajstić information content (AvgIpc) is 2.11. The smallest absolute Gasteiger partial charge is 1.00 e. The Balaban J connectivity index is -0.00000112. The Bertz CT molecular complexity index is 377. The maximum Gasteiger partial charge on any atom is 1.00 e. The summed E-state index contributed by atoms with van der Waals surface area (Å²) >= 11 is 9.38. The average molecular weight is 309 g/mol. The van der Waals surface area contributed by atoms with Gasteiger partial charge in [-0.2, -0.15) is 12.7 Å². The Morgan fingerprint density at radius 1 is 1.41 bits per heavy atom. The molecule has 0 aromatic carbocycles. The zero-order valence-electron chi connectivity index (χ0n) is 11.0. The van der Waals surface area contributed by atoms with Crippen molar-refractivity contribution in [3.8, 4) is 0 Å². The fourth-order valence-electron chi connectivity index (χ4n) is 0.744. The zero-order valence-corrected chi connectivity index (χ0v) is 14.5. The zero-order chi connectivity index (χ0) is 12.9. The van der Waals surface area contributed by atoms with E-state index < -0.39 is 16.4 Å². The van der Waals surface area contributed by atoms with E-state index in [4.69, 9.17) is 27.9 Å². The van der Waals surface area contributed by atoms with Crippen molar-refractivity contribution >= 4 is 44.7 Å². The van der Waals surface area contributed by atoms with Gasteiger partial charge in [0.15, 0.2) is 0 Å². The molecular formula is C7H16N3NaO3S3. The molecule has 0 fully saturated rings. The molecule has 0 aliphatic carbocycles. The Kier molecular flexibility index (Phi) is 10.2. The van der Waals surface area contributed by atoms with Gasteiger partial charge in [0.25, 0.3) is 0 Å². The van der Waals surface area contributed by atoms with Gasteiger partial charge in [0.05, 0.1) is 4.99 Å². The van der Waals surface area contributed by atoms with Crippen molar-refractivity contribution in [3.63, 3.8) is 0 Å². The molecule has 1 atom stereocenters. The molecular weight excluding hydrogens is 293 g/mol. The van der Waals surface area contributed by atoms with Crippen LogP contribution in [0.25, 0.3) is 0 Å². The topological polar surface area (TPSA) is 98.6 Å². The van der Waals surface area contributed by atoms with E-state index in [2.05, 4.69) is 12.2 Å². The third kappa shape index (κ3) is 8.38. The van der Waals surface area contributed by atoms with Gasteiger partial charge in [-0.3, -0.25) is 0 Å². The minimum absolute atomic E-state index is 0. The van der Waals surface area contributed by atoms with Gasteiger partial charge in [-0.05, 0) is 6.42 Å². The molecule has 0 saturated heterocycles. The minimum atomic E-state index is -3.81. The molecule has 0 bridgehead atoms. The molecule has 0 amide bonds. The number of nitrogens with zero attached hydrogens (tertiary/aromatic N) is 1. The second-order valence-electron chi connectivity index (χ2n) is 3.23. The van der Waals surface area contributed by atoms with E-state index in [1.54, 1.807) is 0 Å². The molecule has 17 heavy (non-hydrogen) atoms. The molecule has 1 unspecified atom stereocenters. The van der Waals surface area contributed by atoms with Gasteiger partial charge in [0.1, 0.15) is 11.1 Å². The van der Waals surface area contributed by atoms with E-state index in [0.717, 1.165) is 4.31 Å². The number of hydrogen-bond acceptors (Lipinski definition) is 5. The van der Waals surface area contributed by atoms with Crippen LogP contribution in [0.1, 0.15) is 14.3 Å². The van der Waals surface area contributed by atoms with Crippen LogP contribution in [-0.2, 0) is 14.5 Å². The molecule has 4 N–H and O–H groups in total. The number of rotatable bonds is 7. The molecule has 0 heterocycles. The van der Waals surface area contributed by atoms with Crippen LogP contribution in [0, 0.1) is 0 Å². The van der Waals surface area contributed by atoms with E-state index in [-0.39, 0.29) is 47.4 Å². The molecule has 0 spiro atoms. The Morgan fingerprint density at radius 3 is 2.18 bits per heavy atom. The fraction of sp³-hybridized carbons (Fsp3) is 0.714. The molecule has 0 aliphatic heterocycles. The summed E-state index contributed by atoms with van der Waals surface area (Å²) in [4.78, 5) is 0.216. The predicted molar refractivity (Wildman–Crippen MR) is 71.4 cm³/mol.